The van der Waals surface area contributed by atoms with Gasteiger partial charge in [0, 0.05) is 12.6 Å². The molecule has 0 aliphatic rings. The first-order valence-corrected chi connectivity index (χ1v) is 5.31. The average Bonchev–Trinajstić information content (AvgIpc) is 2.15. The van der Waals surface area contributed by atoms with E-state index in [1.807, 2.05) is 13.8 Å². The molecule has 0 aliphatic heterocycles. The monoisotopic (exact) mass is 249 g/mol. The molecule has 0 N–H and O–H groups in total. The Bertz CT molecular complexity index is 358. The highest BCUT2D eigenvalue weighted by atomic mass is 35.5. The molecular formula is C10H14ClF2N3. The molecule has 0 saturated carbocycles. The molecule has 0 spiro atoms. The summed E-state index contributed by atoms with van der Waals surface area (Å²) in [5, 5.41) is 0.320. The van der Waals surface area contributed by atoms with E-state index in [0.717, 1.165) is 0 Å². The van der Waals surface area contributed by atoms with Gasteiger partial charge in [0.05, 0.1) is 6.54 Å². The van der Waals surface area contributed by atoms with Gasteiger partial charge in [-0.05, 0) is 5.92 Å². The third-order valence-corrected chi connectivity index (χ3v) is 2.47. The molecular weight excluding hydrogens is 236 g/mol. The maximum Gasteiger partial charge on any atom is 0.255 e. The van der Waals surface area contributed by atoms with Crippen molar-refractivity contribution in [1.29, 1.82) is 0 Å². The normalized spacial score (nSPS) is 11.2. The first-order valence-electron chi connectivity index (χ1n) is 4.93. The SMILES string of the molecule is CC(C)c1c(Cl)ncnc1N(C)CC(F)F. The van der Waals surface area contributed by atoms with Gasteiger partial charge in [-0.15, -0.1) is 0 Å². The van der Waals surface area contributed by atoms with Gasteiger partial charge in [-0.3, -0.25) is 0 Å². The molecule has 3 nitrogen and oxygen atoms in total. The van der Waals surface area contributed by atoms with E-state index in [0.29, 0.717) is 16.5 Å². The fraction of sp³-hybridized carbons (Fsp3) is 0.600. The number of nitrogens with zero attached hydrogens (tertiary/aromatic N) is 3. The van der Waals surface area contributed by atoms with Crippen molar-refractivity contribution in [3.8, 4) is 0 Å². The Kier molecular flexibility index (Phi) is 4.41. The molecule has 0 aliphatic carbocycles. The number of hydrogen-bond acceptors (Lipinski definition) is 3. The molecule has 0 bridgehead atoms. The lowest BCUT2D eigenvalue weighted by Crippen LogP contribution is -2.26. The summed E-state index contributed by atoms with van der Waals surface area (Å²) in [6.07, 6.45) is -1.12. The molecule has 0 atom stereocenters. The van der Waals surface area contributed by atoms with E-state index in [1.165, 1.54) is 11.2 Å². The summed E-state index contributed by atoms with van der Waals surface area (Å²) in [7, 11) is 1.57. The minimum absolute atomic E-state index is 0.0869. The van der Waals surface area contributed by atoms with Gasteiger partial charge in [-0.25, -0.2) is 18.7 Å². The molecule has 0 amide bonds. The van der Waals surface area contributed by atoms with Crippen molar-refractivity contribution in [3.05, 3.63) is 17.0 Å². The second-order valence-corrected chi connectivity index (χ2v) is 4.19. The lowest BCUT2D eigenvalue weighted by atomic mass is 10.1. The van der Waals surface area contributed by atoms with Gasteiger partial charge in [-0.1, -0.05) is 25.4 Å². The molecule has 0 unspecified atom stereocenters. The molecule has 0 aromatic carbocycles. The van der Waals surface area contributed by atoms with Crippen LogP contribution in [0.5, 0.6) is 0 Å². The van der Waals surface area contributed by atoms with Gasteiger partial charge < -0.3 is 4.90 Å². The minimum atomic E-state index is -2.40. The maximum absolute atomic E-state index is 12.3. The molecule has 0 fully saturated rings. The lowest BCUT2D eigenvalue weighted by molar-refractivity contribution is 0.156. The van der Waals surface area contributed by atoms with Crippen molar-refractivity contribution in [3.63, 3.8) is 0 Å². The Morgan fingerprint density at radius 2 is 2.00 bits per heavy atom. The van der Waals surface area contributed by atoms with Crippen molar-refractivity contribution in [1.82, 2.24) is 9.97 Å². The van der Waals surface area contributed by atoms with Crippen LogP contribution in [-0.4, -0.2) is 30.0 Å². The van der Waals surface area contributed by atoms with Crippen LogP contribution in [-0.2, 0) is 0 Å². The first kappa shape index (κ1) is 13.1. The van der Waals surface area contributed by atoms with E-state index in [9.17, 15) is 8.78 Å². The summed E-state index contributed by atoms with van der Waals surface area (Å²) < 4.78 is 24.6. The van der Waals surface area contributed by atoms with E-state index in [1.54, 1.807) is 7.05 Å². The minimum Gasteiger partial charge on any atom is -0.354 e. The van der Waals surface area contributed by atoms with Crippen molar-refractivity contribution in [2.24, 2.45) is 0 Å². The Hall–Kier alpha value is -0.970. The van der Waals surface area contributed by atoms with Crippen LogP contribution in [0.2, 0.25) is 5.15 Å². The Labute approximate surface area is 98.5 Å². The maximum atomic E-state index is 12.3. The first-order chi connectivity index (χ1) is 7.43. The second kappa shape index (κ2) is 5.39. The molecule has 90 valence electrons. The number of anilines is 1. The summed E-state index contributed by atoms with van der Waals surface area (Å²) >= 11 is 5.94. The van der Waals surface area contributed by atoms with Crippen LogP contribution in [0, 0.1) is 0 Å². The number of rotatable bonds is 4. The highest BCUT2D eigenvalue weighted by molar-refractivity contribution is 6.30. The molecule has 1 heterocycles. The highest BCUT2D eigenvalue weighted by Crippen LogP contribution is 2.29. The summed E-state index contributed by atoms with van der Waals surface area (Å²) in [6.45, 7) is 3.47. The van der Waals surface area contributed by atoms with Crippen LogP contribution in [0.1, 0.15) is 25.3 Å². The standard InChI is InChI=1S/C10H14ClF2N3/c1-6(2)8-9(11)14-5-15-10(8)16(3)4-7(12)13/h5-7H,4H2,1-3H3. The molecule has 0 saturated heterocycles. The largest absolute Gasteiger partial charge is 0.354 e. The summed E-state index contributed by atoms with van der Waals surface area (Å²) in [5.74, 6) is 0.555. The van der Waals surface area contributed by atoms with Crippen molar-refractivity contribution < 1.29 is 8.78 Å². The Balaban J connectivity index is 3.07. The van der Waals surface area contributed by atoms with Gasteiger partial charge in [0.2, 0.25) is 0 Å². The highest BCUT2D eigenvalue weighted by Gasteiger charge is 2.18. The van der Waals surface area contributed by atoms with Gasteiger partial charge in [0.25, 0.3) is 6.43 Å². The van der Waals surface area contributed by atoms with Gasteiger partial charge in [0.1, 0.15) is 17.3 Å². The fourth-order valence-electron chi connectivity index (χ4n) is 1.46. The third kappa shape index (κ3) is 3.01. The molecule has 16 heavy (non-hydrogen) atoms. The van der Waals surface area contributed by atoms with E-state index in [-0.39, 0.29) is 12.5 Å². The van der Waals surface area contributed by atoms with Crippen LogP contribution in [0.3, 0.4) is 0 Å². The average molecular weight is 250 g/mol. The zero-order valence-electron chi connectivity index (χ0n) is 9.41. The predicted molar refractivity (Wildman–Crippen MR) is 60.4 cm³/mol. The zero-order valence-corrected chi connectivity index (χ0v) is 10.2. The molecule has 1 aromatic heterocycles. The number of alkyl halides is 2. The summed E-state index contributed by atoms with van der Waals surface area (Å²) in [4.78, 5) is 9.27. The van der Waals surface area contributed by atoms with E-state index in [2.05, 4.69) is 9.97 Å². The van der Waals surface area contributed by atoms with Crippen LogP contribution in [0.25, 0.3) is 0 Å². The van der Waals surface area contributed by atoms with Crippen LogP contribution in [0.4, 0.5) is 14.6 Å². The van der Waals surface area contributed by atoms with Gasteiger partial charge >= 0.3 is 0 Å². The number of halogens is 3. The molecule has 0 radical (unpaired) electrons. The van der Waals surface area contributed by atoms with Crippen molar-refractivity contribution in [2.75, 3.05) is 18.5 Å². The van der Waals surface area contributed by atoms with E-state index < -0.39 is 6.43 Å². The van der Waals surface area contributed by atoms with Crippen molar-refractivity contribution in [2.45, 2.75) is 26.2 Å². The molecule has 1 aromatic rings. The lowest BCUT2D eigenvalue weighted by Gasteiger charge is -2.22. The second-order valence-electron chi connectivity index (χ2n) is 3.83. The fourth-order valence-corrected chi connectivity index (χ4v) is 1.81. The Morgan fingerprint density at radius 1 is 1.38 bits per heavy atom. The van der Waals surface area contributed by atoms with Crippen molar-refractivity contribution >= 4 is 17.4 Å². The summed E-state index contributed by atoms with van der Waals surface area (Å²) in [6, 6.07) is 0. The third-order valence-electron chi connectivity index (χ3n) is 2.17. The summed E-state index contributed by atoms with van der Waals surface area (Å²) in [5.41, 5.74) is 0.701. The molecule has 6 heteroatoms. The van der Waals surface area contributed by atoms with Gasteiger partial charge in [-0.2, -0.15) is 0 Å². The quantitative estimate of drug-likeness (QED) is 0.769. The van der Waals surface area contributed by atoms with E-state index in [4.69, 9.17) is 11.6 Å². The Morgan fingerprint density at radius 3 is 2.50 bits per heavy atom. The predicted octanol–water partition coefficient (Wildman–Crippen LogP) is 2.95. The van der Waals surface area contributed by atoms with Gasteiger partial charge in [0.15, 0.2) is 0 Å². The molecule has 1 rings (SSSR count). The smallest absolute Gasteiger partial charge is 0.255 e. The van der Waals surface area contributed by atoms with Crippen LogP contribution >= 0.6 is 11.6 Å². The number of hydrogen-bond donors (Lipinski definition) is 0. The topological polar surface area (TPSA) is 29.0 Å². The zero-order chi connectivity index (χ0) is 12.3. The van der Waals surface area contributed by atoms with Crippen LogP contribution < -0.4 is 4.90 Å². The van der Waals surface area contributed by atoms with E-state index >= 15 is 0 Å². The number of aromatic nitrogens is 2. The van der Waals surface area contributed by atoms with Crippen LogP contribution in [0.15, 0.2) is 6.33 Å².